The van der Waals surface area contributed by atoms with Gasteiger partial charge in [-0.1, -0.05) is 0 Å². The van der Waals surface area contributed by atoms with Crippen molar-refractivity contribution in [1.82, 2.24) is 4.98 Å². The molecule has 2 aromatic rings. The highest BCUT2D eigenvalue weighted by Crippen LogP contribution is 2.23. The standard InChI is InChI=1S/C13H10BrNO3/c1-18-10-4-2-8(3-5-10)11-6-9(13(16)17)7-12(14)15-11/h2-7H,1H3,(H,16,17). The Morgan fingerprint density at radius 2 is 1.94 bits per heavy atom. The second-order valence-corrected chi connectivity index (χ2v) is 4.41. The van der Waals surface area contributed by atoms with Crippen LogP contribution in [-0.2, 0) is 0 Å². The topological polar surface area (TPSA) is 59.4 Å². The van der Waals surface area contributed by atoms with E-state index in [-0.39, 0.29) is 5.56 Å². The van der Waals surface area contributed by atoms with E-state index in [4.69, 9.17) is 9.84 Å². The Morgan fingerprint density at radius 1 is 1.28 bits per heavy atom. The van der Waals surface area contributed by atoms with E-state index in [0.29, 0.717) is 10.3 Å². The van der Waals surface area contributed by atoms with Crippen LogP contribution in [0.2, 0.25) is 0 Å². The SMILES string of the molecule is COc1ccc(-c2cc(C(=O)O)cc(Br)n2)cc1. The van der Waals surface area contributed by atoms with Gasteiger partial charge in [0.25, 0.3) is 0 Å². The molecular formula is C13H10BrNO3. The lowest BCUT2D eigenvalue weighted by molar-refractivity contribution is 0.0696. The molecule has 0 aliphatic rings. The van der Waals surface area contributed by atoms with E-state index in [2.05, 4.69) is 20.9 Å². The maximum atomic E-state index is 11.0. The van der Waals surface area contributed by atoms with Crippen molar-refractivity contribution in [3.05, 3.63) is 46.6 Å². The van der Waals surface area contributed by atoms with Gasteiger partial charge in [-0.05, 0) is 52.3 Å². The summed E-state index contributed by atoms with van der Waals surface area (Å²) in [5, 5.41) is 8.99. The number of hydrogen-bond donors (Lipinski definition) is 1. The van der Waals surface area contributed by atoms with Crippen molar-refractivity contribution < 1.29 is 14.6 Å². The summed E-state index contributed by atoms with van der Waals surface area (Å²) in [5.74, 6) is -0.236. The van der Waals surface area contributed by atoms with Crippen LogP contribution in [0.1, 0.15) is 10.4 Å². The van der Waals surface area contributed by atoms with E-state index < -0.39 is 5.97 Å². The number of aromatic nitrogens is 1. The molecule has 0 saturated heterocycles. The third kappa shape index (κ3) is 2.68. The van der Waals surface area contributed by atoms with Gasteiger partial charge in [0.1, 0.15) is 10.4 Å². The first-order valence-electron chi connectivity index (χ1n) is 5.15. The molecule has 0 aliphatic carbocycles. The largest absolute Gasteiger partial charge is 0.497 e. The number of methoxy groups -OCH3 is 1. The maximum Gasteiger partial charge on any atom is 0.335 e. The van der Waals surface area contributed by atoms with Crippen molar-refractivity contribution in [2.24, 2.45) is 0 Å². The highest BCUT2D eigenvalue weighted by Gasteiger charge is 2.08. The summed E-state index contributed by atoms with van der Waals surface area (Å²) >= 11 is 3.21. The fourth-order valence-corrected chi connectivity index (χ4v) is 1.97. The molecule has 0 spiro atoms. The first-order valence-corrected chi connectivity index (χ1v) is 5.95. The molecule has 0 atom stereocenters. The zero-order chi connectivity index (χ0) is 13.1. The van der Waals surface area contributed by atoms with Crippen LogP contribution in [0.25, 0.3) is 11.3 Å². The highest BCUT2D eigenvalue weighted by atomic mass is 79.9. The minimum atomic E-state index is -0.979. The minimum absolute atomic E-state index is 0.197. The molecule has 0 fully saturated rings. The molecule has 0 bridgehead atoms. The third-order valence-corrected chi connectivity index (χ3v) is 2.83. The molecule has 2 rings (SSSR count). The summed E-state index contributed by atoms with van der Waals surface area (Å²) in [7, 11) is 1.59. The zero-order valence-electron chi connectivity index (χ0n) is 9.55. The van der Waals surface area contributed by atoms with Gasteiger partial charge in [0.05, 0.1) is 18.4 Å². The van der Waals surface area contributed by atoms with Crippen molar-refractivity contribution >= 4 is 21.9 Å². The number of pyridine rings is 1. The van der Waals surface area contributed by atoms with Crippen LogP contribution in [0.15, 0.2) is 41.0 Å². The monoisotopic (exact) mass is 307 g/mol. The van der Waals surface area contributed by atoms with E-state index in [1.165, 1.54) is 12.1 Å². The molecule has 1 aromatic carbocycles. The van der Waals surface area contributed by atoms with Crippen LogP contribution in [0.4, 0.5) is 0 Å². The molecule has 1 N–H and O–H groups in total. The summed E-state index contributed by atoms with van der Waals surface area (Å²) in [4.78, 5) is 15.2. The van der Waals surface area contributed by atoms with Gasteiger partial charge in [-0.2, -0.15) is 0 Å². The summed E-state index contributed by atoms with van der Waals surface area (Å²) in [6.45, 7) is 0. The first-order chi connectivity index (χ1) is 8.60. The summed E-state index contributed by atoms with van der Waals surface area (Å²) < 4.78 is 5.56. The molecule has 0 aliphatic heterocycles. The van der Waals surface area contributed by atoms with E-state index >= 15 is 0 Å². The second-order valence-electron chi connectivity index (χ2n) is 3.60. The molecule has 92 valence electrons. The number of nitrogens with zero attached hydrogens (tertiary/aromatic N) is 1. The Bertz CT molecular complexity index is 581. The molecule has 5 heteroatoms. The quantitative estimate of drug-likeness (QED) is 0.885. The van der Waals surface area contributed by atoms with Gasteiger partial charge >= 0.3 is 5.97 Å². The lowest BCUT2D eigenvalue weighted by Gasteiger charge is -2.05. The number of ether oxygens (including phenoxy) is 1. The molecule has 1 aromatic heterocycles. The van der Waals surface area contributed by atoms with Crippen LogP contribution >= 0.6 is 15.9 Å². The number of aromatic carboxylic acids is 1. The third-order valence-electron chi connectivity index (χ3n) is 2.43. The number of rotatable bonds is 3. The van der Waals surface area contributed by atoms with Crippen LogP contribution in [0, 0.1) is 0 Å². The van der Waals surface area contributed by atoms with Crippen LogP contribution in [0.5, 0.6) is 5.75 Å². The molecule has 0 radical (unpaired) electrons. The summed E-state index contributed by atoms with van der Waals surface area (Å²) in [5.41, 5.74) is 1.63. The lowest BCUT2D eigenvalue weighted by Crippen LogP contribution is -1.98. The van der Waals surface area contributed by atoms with Crippen LogP contribution < -0.4 is 4.74 Å². The van der Waals surface area contributed by atoms with Crippen LogP contribution in [0.3, 0.4) is 0 Å². The molecule has 0 amide bonds. The predicted molar refractivity (Wildman–Crippen MR) is 70.9 cm³/mol. The first kappa shape index (κ1) is 12.6. The van der Waals surface area contributed by atoms with Crippen molar-refractivity contribution in [2.45, 2.75) is 0 Å². The highest BCUT2D eigenvalue weighted by molar-refractivity contribution is 9.10. The molecule has 18 heavy (non-hydrogen) atoms. The predicted octanol–water partition coefficient (Wildman–Crippen LogP) is 3.22. The molecule has 1 heterocycles. The van der Waals surface area contributed by atoms with Gasteiger partial charge in [-0.15, -0.1) is 0 Å². The molecule has 0 saturated carbocycles. The smallest absolute Gasteiger partial charge is 0.335 e. The Kier molecular flexibility index (Phi) is 3.62. The lowest BCUT2D eigenvalue weighted by atomic mass is 10.1. The number of carbonyl (C=O) groups is 1. The molecular weight excluding hydrogens is 298 g/mol. The number of carboxylic acids is 1. The Balaban J connectivity index is 2.46. The fourth-order valence-electron chi connectivity index (χ4n) is 1.53. The maximum absolute atomic E-state index is 11.0. The van der Waals surface area contributed by atoms with E-state index in [9.17, 15) is 4.79 Å². The van der Waals surface area contributed by atoms with Gasteiger partial charge in [0.2, 0.25) is 0 Å². The van der Waals surface area contributed by atoms with Crippen molar-refractivity contribution in [3.8, 4) is 17.0 Å². The Hall–Kier alpha value is -1.88. The van der Waals surface area contributed by atoms with Gasteiger partial charge in [0.15, 0.2) is 0 Å². The van der Waals surface area contributed by atoms with E-state index in [0.717, 1.165) is 11.3 Å². The van der Waals surface area contributed by atoms with Gasteiger partial charge in [0, 0.05) is 5.56 Å². The van der Waals surface area contributed by atoms with Crippen molar-refractivity contribution in [1.29, 1.82) is 0 Å². The van der Waals surface area contributed by atoms with E-state index in [1.54, 1.807) is 19.2 Å². The van der Waals surface area contributed by atoms with Gasteiger partial charge < -0.3 is 9.84 Å². The fraction of sp³-hybridized carbons (Fsp3) is 0.0769. The average molecular weight is 308 g/mol. The summed E-state index contributed by atoms with van der Waals surface area (Å²) in [6, 6.07) is 10.3. The summed E-state index contributed by atoms with van der Waals surface area (Å²) in [6.07, 6.45) is 0. The van der Waals surface area contributed by atoms with Gasteiger partial charge in [-0.3, -0.25) is 0 Å². The zero-order valence-corrected chi connectivity index (χ0v) is 11.1. The number of halogens is 1. The normalized spacial score (nSPS) is 10.1. The van der Waals surface area contributed by atoms with Crippen LogP contribution in [-0.4, -0.2) is 23.2 Å². The minimum Gasteiger partial charge on any atom is -0.497 e. The number of benzene rings is 1. The molecule has 0 unspecified atom stereocenters. The second kappa shape index (κ2) is 5.18. The molecule has 4 nitrogen and oxygen atoms in total. The Labute approximate surface area is 112 Å². The van der Waals surface area contributed by atoms with Gasteiger partial charge in [-0.25, -0.2) is 9.78 Å². The average Bonchev–Trinajstić information content (AvgIpc) is 2.38. The number of hydrogen-bond acceptors (Lipinski definition) is 3. The number of carboxylic acid groups (broad SMARTS) is 1. The Morgan fingerprint density at radius 3 is 2.50 bits per heavy atom. The van der Waals surface area contributed by atoms with Crippen molar-refractivity contribution in [2.75, 3.05) is 7.11 Å². The van der Waals surface area contributed by atoms with E-state index in [1.807, 2.05) is 12.1 Å². The van der Waals surface area contributed by atoms with Crippen molar-refractivity contribution in [3.63, 3.8) is 0 Å².